The number of carbonyl (C=O) groups is 2. The monoisotopic (exact) mass is 421 g/mol. The van der Waals surface area contributed by atoms with Crippen molar-refractivity contribution in [2.24, 2.45) is 0 Å². The summed E-state index contributed by atoms with van der Waals surface area (Å²) in [6, 6.07) is 14.7. The number of hydrogen-bond donors (Lipinski definition) is 1. The van der Waals surface area contributed by atoms with Crippen LogP contribution < -0.4 is 0 Å². The molecule has 0 saturated carbocycles. The number of amides is 1. The second kappa shape index (κ2) is 7.88. The average Bonchev–Trinajstić information content (AvgIpc) is 3.32. The quantitative estimate of drug-likeness (QED) is 0.361. The Morgan fingerprint density at radius 3 is 2.50 bits per heavy atom. The van der Waals surface area contributed by atoms with Gasteiger partial charge in [0.05, 0.1) is 18.2 Å². The van der Waals surface area contributed by atoms with E-state index in [-0.39, 0.29) is 17.9 Å². The molecule has 1 unspecified atom stereocenters. The molecule has 0 aliphatic carbocycles. The molecule has 3 aromatic rings. The van der Waals surface area contributed by atoms with Crippen molar-refractivity contribution < 1.29 is 19.1 Å². The standard InChI is InChI=1S/C24H20FNO3S/c1-14-6-3-4-8-18(14)21-20(22(27)16-9-10-19(25)15(2)12-16)23(28)24(29)26(21)13-17-7-5-11-30-17/h3-12,21,27H,13H2,1-2H3/b22-20+. The Balaban J connectivity index is 1.90. The summed E-state index contributed by atoms with van der Waals surface area (Å²) < 4.78 is 13.7. The van der Waals surface area contributed by atoms with Crippen molar-refractivity contribution in [2.75, 3.05) is 0 Å². The fourth-order valence-electron chi connectivity index (χ4n) is 3.78. The van der Waals surface area contributed by atoms with E-state index < -0.39 is 23.5 Å². The molecule has 0 radical (unpaired) electrons. The molecule has 4 nitrogen and oxygen atoms in total. The maximum absolute atomic E-state index is 13.7. The van der Waals surface area contributed by atoms with Gasteiger partial charge in [0.2, 0.25) is 0 Å². The molecule has 1 fully saturated rings. The van der Waals surface area contributed by atoms with Gasteiger partial charge in [0.25, 0.3) is 11.7 Å². The Morgan fingerprint density at radius 2 is 1.83 bits per heavy atom. The molecule has 1 aromatic heterocycles. The van der Waals surface area contributed by atoms with E-state index >= 15 is 0 Å². The van der Waals surface area contributed by atoms with Crippen molar-refractivity contribution in [3.63, 3.8) is 0 Å². The van der Waals surface area contributed by atoms with E-state index in [1.54, 1.807) is 6.92 Å². The zero-order chi connectivity index (χ0) is 21.4. The van der Waals surface area contributed by atoms with Gasteiger partial charge in [0.15, 0.2) is 0 Å². The van der Waals surface area contributed by atoms with Crippen LogP contribution in [0, 0.1) is 19.7 Å². The van der Waals surface area contributed by atoms with Gasteiger partial charge in [-0.05, 0) is 60.2 Å². The summed E-state index contributed by atoms with van der Waals surface area (Å²) in [6.45, 7) is 3.75. The van der Waals surface area contributed by atoms with Gasteiger partial charge < -0.3 is 10.0 Å². The number of benzene rings is 2. The van der Waals surface area contributed by atoms with Gasteiger partial charge in [0.1, 0.15) is 11.6 Å². The molecule has 1 atom stereocenters. The van der Waals surface area contributed by atoms with Crippen molar-refractivity contribution in [1.82, 2.24) is 4.90 Å². The first-order valence-corrected chi connectivity index (χ1v) is 10.4. The number of Topliss-reactive ketones (excluding diaryl/α,β-unsaturated/α-hetero) is 1. The second-order valence-corrected chi connectivity index (χ2v) is 8.36. The first kappa shape index (κ1) is 20.0. The molecule has 1 amide bonds. The van der Waals surface area contributed by atoms with Crippen molar-refractivity contribution in [3.8, 4) is 0 Å². The average molecular weight is 421 g/mol. The van der Waals surface area contributed by atoms with Crippen LogP contribution in [0.1, 0.15) is 33.2 Å². The van der Waals surface area contributed by atoms with E-state index in [2.05, 4.69) is 0 Å². The lowest BCUT2D eigenvalue weighted by molar-refractivity contribution is -0.140. The number of aryl methyl sites for hydroxylation is 2. The SMILES string of the molecule is Cc1cc(/C(O)=C2\C(=O)C(=O)N(Cc3cccs3)C2c2ccccc2C)ccc1F. The molecule has 0 bridgehead atoms. The fraction of sp³-hybridized carbons (Fsp3) is 0.167. The zero-order valence-corrected chi connectivity index (χ0v) is 17.4. The molecule has 1 aliphatic heterocycles. The maximum atomic E-state index is 13.7. The topological polar surface area (TPSA) is 57.6 Å². The van der Waals surface area contributed by atoms with Gasteiger partial charge >= 0.3 is 0 Å². The van der Waals surface area contributed by atoms with Crippen LogP contribution in [0.4, 0.5) is 4.39 Å². The molecule has 1 saturated heterocycles. The third-order valence-electron chi connectivity index (χ3n) is 5.36. The van der Waals surface area contributed by atoms with Gasteiger partial charge in [-0.15, -0.1) is 11.3 Å². The van der Waals surface area contributed by atoms with Crippen LogP contribution in [0.2, 0.25) is 0 Å². The van der Waals surface area contributed by atoms with E-state index in [4.69, 9.17) is 0 Å². The summed E-state index contributed by atoms with van der Waals surface area (Å²) in [6.07, 6.45) is 0. The Labute approximate surface area is 177 Å². The van der Waals surface area contributed by atoms with Crippen LogP contribution in [0.5, 0.6) is 0 Å². The molecule has 152 valence electrons. The maximum Gasteiger partial charge on any atom is 0.295 e. The van der Waals surface area contributed by atoms with Crippen molar-refractivity contribution >= 4 is 28.8 Å². The first-order chi connectivity index (χ1) is 14.4. The number of aliphatic hydroxyl groups excluding tert-OH is 1. The summed E-state index contributed by atoms with van der Waals surface area (Å²) in [5.41, 5.74) is 2.35. The summed E-state index contributed by atoms with van der Waals surface area (Å²) >= 11 is 1.50. The van der Waals surface area contributed by atoms with Crippen LogP contribution in [0.25, 0.3) is 5.76 Å². The van der Waals surface area contributed by atoms with Crippen LogP contribution in [-0.2, 0) is 16.1 Å². The number of likely N-dealkylation sites (tertiary alicyclic amines) is 1. The van der Waals surface area contributed by atoms with Gasteiger partial charge in [0, 0.05) is 10.4 Å². The van der Waals surface area contributed by atoms with E-state index in [9.17, 15) is 19.1 Å². The number of aliphatic hydroxyl groups is 1. The highest BCUT2D eigenvalue weighted by Crippen LogP contribution is 2.41. The predicted molar refractivity (Wildman–Crippen MR) is 114 cm³/mol. The molecule has 2 aromatic carbocycles. The second-order valence-electron chi connectivity index (χ2n) is 7.33. The highest BCUT2D eigenvalue weighted by molar-refractivity contribution is 7.09. The number of halogens is 1. The fourth-order valence-corrected chi connectivity index (χ4v) is 4.48. The Hall–Kier alpha value is -3.25. The summed E-state index contributed by atoms with van der Waals surface area (Å²) in [7, 11) is 0. The summed E-state index contributed by atoms with van der Waals surface area (Å²) in [4.78, 5) is 28.4. The lowest BCUT2D eigenvalue weighted by Gasteiger charge is -2.26. The molecular weight excluding hydrogens is 401 g/mol. The molecule has 6 heteroatoms. The molecule has 4 rings (SSSR count). The molecule has 1 N–H and O–H groups in total. The van der Waals surface area contributed by atoms with Crippen LogP contribution in [-0.4, -0.2) is 21.7 Å². The molecular formula is C24H20FNO3S. The number of carbonyl (C=O) groups excluding carboxylic acids is 2. The van der Waals surface area contributed by atoms with Gasteiger partial charge in [-0.1, -0.05) is 30.3 Å². The number of thiophene rings is 1. The minimum atomic E-state index is -0.737. The molecule has 2 heterocycles. The minimum Gasteiger partial charge on any atom is -0.507 e. The molecule has 1 aliphatic rings. The minimum absolute atomic E-state index is 0.0249. The van der Waals surface area contributed by atoms with Crippen LogP contribution >= 0.6 is 11.3 Å². The Morgan fingerprint density at radius 1 is 1.07 bits per heavy atom. The van der Waals surface area contributed by atoms with E-state index in [1.807, 2.05) is 48.7 Å². The Bertz CT molecular complexity index is 1170. The summed E-state index contributed by atoms with van der Waals surface area (Å²) in [5, 5.41) is 13.0. The Kier molecular flexibility index (Phi) is 5.26. The number of ketones is 1. The lowest BCUT2D eigenvalue weighted by atomic mass is 9.92. The highest BCUT2D eigenvalue weighted by Gasteiger charge is 2.46. The van der Waals surface area contributed by atoms with Crippen molar-refractivity contribution in [2.45, 2.75) is 26.4 Å². The zero-order valence-electron chi connectivity index (χ0n) is 16.6. The highest BCUT2D eigenvalue weighted by atomic mass is 32.1. The van der Waals surface area contributed by atoms with Crippen molar-refractivity contribution in [3.05, 3.63) is 98.5 Å². The largest absolute Gasteiger partial charge is 0.507 e. The normalized spacial score (nSPS) is 18.2. The first-order valence-electron chi connectivity index (χ1n) is 9.51. The van der Waals surface area contributed by atoms with Crippen LogP contribution in [0.15, 0.2) is 65.6 Å². The molecule has 30 heavy (non-hydrogen) atoms. The number of nitrogens with zero attached hydrogens (tertiary/aromatic N) is 1. The van der Waals surface area contributed by atoms with Crippen molar-refractivity contribution in [1.29, 1.82) is 0 Å². The van der Waals surface area contributed by atoms with Crippen LogP contribution in [0.3, 0.4) is 0 Å². The smallest absolute Gasteiger partial charge is 0.295 e. The third kappa shape index (κ3) is 3.44. The number of hydrogen-bond acceptors (Lipinski definition) is 4. The number of rotatable bonds is 4. The molecule has 0 spiro atoms. The lowest BCUT2D eigenvalue weighted by Crippen LogP contribution is -2.29. The van der Waals surface area contributed by atoms with E-state index in [0.717, 1.165) is 16.0 Å². The van der Waals surface area contributed by atoms with E-state index in [1.165, 1.54) is 34.4 Å². The van der Waals surface area contributed by atoms with Gasteiger partial charge in [-0.2, -0.15) is 0 Å². The van der Waals surface area contributed by atoms with Gasteiger partial charge in [-0.25, -0.2) is 4.39 Å². The van der Waals surface area contributed by atoms with Gasteiger partial charge in [-0.3, -0.25) is 9.59 Å². The van der Waals surface area contributed by atoms with E-state index in [0.29, 0.717) is 11.1 Å². The predicted octanol–water partition coefficient (Wildman–Crippen LogP) is 5.13. The summed E-state index contributed by atoms with van der Waals surface area (Å²) in [5.74, 6) is -2.09. The third-order valence-corrected chi connectivity index (χ3v) is 6.22.